The molecule has 0 fully saturated rings. The van der Waals surface area contributed by atoms with E-state index >= 15 is 0 Å². The van der Waals surface area contributed by atoms with Gasteiger partial charge in [0.25, 0.3) is 0 Å². The van der Waals surface area contributed by atoms with Crippen LogP contribution in [0.3, 0.4) is 0 Å². The maximum Gasteiger partial charge on any atom is 0.216 e. The molecule has 47 heavy (non-hydrogen) atoms. The third-order valence-electron chi connectivity index (χ3n) is 8.34. The fourth-order valence-electron chi connectivity index (χ4n) is 5.79. The van der Waals surface area contributed by atoms with Crippen molar-refractivity contribution in [2.24, 2.45) is 0 Å². The van der Waals surface area contributed by atoms with Crippen LogP contribution in [0.1, 0.15) is 27.9 Å². The van der Waals surface area contributed by atoms with Gasteiger partial charge in [-0.2, -0.15) is 0 Å². The standard InChI is InChI=1S/C29H21N2O.C13H12N.Ir/c1-17-13-20-7-4-5-8-21(20)14-25(17)26-15-27(30-16-18(26)2)24-10-6-9-22-23-12-11-19(3)31-29(23)32-28(22)24;1-10-3-6-12(7-4-10)13-8-5-11(2)9-14-13;/h4-9,11-16H,1-3H3;3-6,8-9H,1-2H3;/q2*-1;. The molecule has 0 bridgehead atoms. The van der Waals surface area contributed by atoms with Crippen LogP contribution in [-0.4, -0.2) is 15.0 Å². The molecule has 5 heteroatoms. The van der Waals surface area contributed by atoms with Gasteiger partial charge in [-0.05, 0) is 95.9 Å². The topological polar surface area (TPSA) is 51.8 Å². The number of aryl methyl sites for hydroxylation is 5. The second kappa shape index (κ2) is 13.4. The van der Waals surface area contributed by atoms with Crippen LogP contribution in [0.15, 0.2) is 114 Å². The molecule has 0 aliphatic heterocycles. The van der Waals surface area contributed by atoms with E-state index in [1.807, 2.05) is 62.6 Å². The SMILES string of the molecule is Cc1c[c-]c(-c2ccc(C)cn2)cc1.Cc1ccc2c(n1)oc1c(-c3cc(-c4cc5ccccc5cc4C)c(C)cn3)[c-]ccc12.[Ir]. The molecule has 4 nitrogen and oxygen atoms in total. The molecule has 0 N–H and O–H groups in total. The average molecular weight is 788 g/mol. The maximum atomic E-state index is 6.19. The Morgan fingerprint density at radius 2 is 1.36 bits per heavy atom. The van der Waals surface area contributed by atoms with Gasteiger partial charge in [-0.25, -0.2) is 4.98 Å². The van der Waals surface area contributed by atoms with Crippen molar-refractivity contribution in [3.63, 3.8) is 0 Å². The van der Waals surface area contributed by atoms with E-state index in [1.165, 1.54) is 38.6 Å². The molecule has 8 aromatic rings. The molecule has 0 unspecified atom stereocenters. The molecular formula is C42H33IrN3O-2. The molecule has 233 valence electrons. The molecule has 8 rings (SSSR count). The molecule has 0 saturated carbocycles. The molecule has 0 aliphatic rings. The van der Waals surface area contributed by atoms with Crippen molar-refractivity contribution < 1.29 is 24.5 Å². The first-order valence-electron chi connectivity index (χ1n) is 15.4. The zero-order valence-corrected chi connectivity index (χ0v) is 29.4. The molecule has 4 heterocycles. The number of hydrogen-bond donors (Lipinski definition) is 0. The molecular weight excluding hydrogens is 755 g/mol. The van der Waals surface area contributed by atoms with Crippen LogP contribution in [0.2, 0.25) is 0 Å². The third kappa shape index (κ3) is 6.51. The van der Waals surface area contributed by atoms with Gasteiger partial charge in [-0.15, -0.1) is 53.6 Å². The van der Waals surface area contributed by atoms with Gasteiger partial charge in [-0.3, -0.25) is 0 Å². The van der Waals surface area contributed by atoms with Crippen molar-refractivity contribution in [1.29, 1.82) is 0 Å². The smallest absolute Gasteiger partial charge is 0.216 e. The largest absolute Gasteiger partial charge is 0.486 e. The number of nitrogens with zero attached hydrogens (tertiary/aromatic N) is 3. The molecule has 0 amide bonds. The minimum Gasteiger partial charge on any atom is -0.486 e. The van der Waals surface area contributed by atoms with Crippen LogP contribution < -0.4 is 0 Å². The fraction of sp³-hybridized carbons (Fsp3) is 0.119. The minimum atomic E-state index is 0. The molecule has 1 radical (unpaired) electrons. The van der Waals surface area contributed by atoms with Gasteiger partial charge < -0.3 is 14.4 Å². The molecule has 4 aromatic heterocycles. The van der Waals surface area contributed by atoms with E-state index in [4.69, 9.17) is 9.40 Å². The zero-order chi connectivity index (χ0) is 31.8. The predicted molar refractivity (Wildman–Crippen MR) is 189 cm³/mol. The number of rotatable bonds is 3. The number of aromatic nitrogens is 3. The van der Waals surface area contributed by atoms with Gasteiger partial charge in [-0.1, -0.05) is 66.4 Å². The first kappa shape index (κ1) is 32.0. The van der Waals surface area contributed by atoms with E-state index in [0.717, 1.165) is 50.1 Å². The quantitative estimate of drug-likeness (QED) is 0.167. The van der Waals surface area contributed by atoms with Crippen LogP contribution in [0.5, 0.6) is 0 Å². The summed E-state index contributed by atoms with van der Waals surface area (Å²) in [6.45, 7) is 10.3. The summed E-state index contributed by atoms with van der Waals surface area (Å²) in [6, 6.07) is 40.0. The summed E-state index contributed by atoms with van der Waals surface area (Å²) in [5, 5.41) is 4.53. The van der Waals surface area contributed by atoms with E-state index in [9.17, 15) is 0 Å². The Hall–Kier alpha value is -4.96. The third-order valence-corrected chi connectivity index (χ3v) is 8.34. The number of benzene rings is 4. The van der Waals surface area contributed by atoms with Crippen LogP contribution in [0, 0.1) is 46.8 Å². The fourth-order valence-corrected chi connectivity index (χ4v) is 5.79. The molecule has 4 aromatic carbocycles. The summed E-state index contributed by atoms with van der Waals surface area (Å²) < 4.78 is 6.19. The van der Waals surface area contributed by atoms with Crippen LogP contribution in [0.4, 0.5) is 0 Å². The summed E-state index contributed by atoms with van der Waals surface area (Å²) in [4.78, 5) is 13.7. The normalized spacial score (nSPS) is 10.9. The van der Waals surface area contributed by atoms with E-state index < -0.39 is 0 Å². The first-order chi connectivity index (χ1) is 22.3. The van der Waals surface area contributed by atoms with Gasteiger partial charge >= 0.3 is 0 Å². The Bertz CT molecular complexity index is 2310. The van der Waals surface area contributed by atoms with E-state index in [2.05, 4.69) is 104 Å². The van der Waals surface area contributed by atoms with Gasteiger partial charge in [0.1, 0.15) is 0 Å². The number of pyridine rings is 3. The Morgan fingerprint density at radius 1 is 0.617 bits per heavy atom. The van der Waals surface area contributed by atoms with Crippen molar-refractivity contribution in [1.82, 2.24) is 15.0 Å². The summed E-state index contributed by atoms with van der Waals surface area (Å²) >= 11 is 0. The second-order valence-electron chi connectivity index (χ2n) is 11.9. The summed E-state index contributed by atoms with van der Waals surface area (Å²) in [7, 11) is 0. The van der Waals surface area contributed by atoms with E-state index in [-0.39, 0.29) is 20.1 Å². The Kier molecular flexibility index (Phi) is 9.13. The number of fused-ring (bicyclic) bond motifs is 4. The Balaban J connectivity index is 0.000000217. The monoisotopic (exact) mass is 788 g/mol. The Labute approximate surface area is 288 Å². The van der Waals surface area contributed by atoms with Gasteiger partial charge in [0.2, 0.25) is 5.71 Å². The summed E-state index contributed by atoms with van der Waals surface area (Å²) in [6.07, 6.45) is 3.82. The van der Waals surface area contributed by atoms with Gasteiger partial charge in [0.15, 0.2) is 0 Å². The number of hydrogen-bond acceptors (Lipinski definition) is 4. The molecule has 0 saturated heterocycles. The summed E-state index contributed by atoms with van der Waals surface area (Å²) in [5.74, 6) is 0. The maximum absolute atomic E-state index is 6.19. The Morgan fingerprint density at radius 3 is 2.11 bits per heavy atom. The molecule has 0 atom stereocenters. The number of furan rings is 1. The predicted octanol–water partition coefficient (Wildman–Crippen LogP) is 10.8. The van der Waals surface area contributed by atoms with Crippen molar-refractivity contribution in [3.05, 3.63) is 150 Å². The zero-order valence-electron chi connectivity index (χ0n) is 27.0. The van der Waals surface area contributed by atoms with Crippen LogP contribution in [0.25, 0.3) is 66.5 Å². The molecule has 0 aliphatic carbocycles. The molecule has 0 spiro atoms. The van der Waals surface area contributed by atoms with E-state index in [0.29, 0.717) is 5.71 Å². The second-order valence-corrected chi connectivity index (χ2v) is 11.9. The van der Waals surface area contributed by atoms with Crippen molar-refractivity contribution in [2.75, 3.05) is 0 Å². The van der Waals surface area contributed by atoms with Crippen molar-refractivity contribution in [2.45, 2.75) is 34.6 Å². The van der Waals surface area contributed by atoms with Crippen molar-refractivity contribution in [3.8, 4) is 33.6 Å². The van der Waals surface area contributed by atoms with Crippen LogP contribution in [-0.2, 0) is 20.1 Å². The summed E-state index contributed by atoms with van der Waals surface area (Å²) in [5.41, 5.74) is 13.3. The minimum absolute atomic E-state index is 0. The van der Waals surface area contributed by atoms with Gasteiger partial charge in [0, 0.05) is 43.6 Å². The van der Waals surface area contributed by atoms with Gasteiger partial charge in [0.05, 0.1) is 5.58 Å². The van der Waals surface area contributed by atoms with Crippen LogP contribution >= 0.6 is 0 Å². The average Bonchev–Trinajstić information content (AvgIpc) is 3.44. The first-order valence-corrected chi connectivity index (χ1v) is 15.4. The van der Waals surface area contributed by atoms with Crippen molar-refractivity contribution >= 4 is 32.8 Å². The van der Waals surface area contributed by atoms with E-state index in [1.54, 1.807) is 0 Å².